The fraction of sp³-hybridized carbons (Fsp3) is 0.400. The molecule has 1 aliphatic heterocycles. The van der Waals surface area contributed by atoms with Crippen molar-refractivity contribution >= 4 is 0 Å². The number of aliphatic hydroxyl groups is 1. The van der Waals surface area contributed by atoms with Crippen LogP contribution < -0.4 is 9.47 Å². The molecule has 1 fully saturated rings. The maximum absolute atomic E-state index is 10.6. The Labute approximate surface area is 143 Å². The molecule has 0 aliphatic carbocycles. The third kappa shape index (κ3) is 4.08. The fourth-order valence-electron chi connectivity index (χ4n) is 3.12. The zero-order chi connectivity index (χ0) is 16.8. The molecule has 1 unspecified atom stereocenters. The summed E-state index contributed by atoms with van der Waals surface area (Å²) in [6.07, 6.45) is 1.89. The van der Waals surface area contributed by atoms with E-state index in [1.165, 1.54) is 25.9 Å². The molecule has 24 heavy (non-hydrogen) atoms. The van der Waals surface area contributed by atoms with Gasteiger partial charge in [-0.05, 0) is 49.7 Å². The predicted molar refractivity (Wildman–Crippen MR) is 94.7 cm³/mol. The Kier molecular flexibility index (Phi) is 5.72. The van der Waals surface area contributed by atoms with E-state index in [0.29, 0.717) is 12.4 Å². The fourth-order valence-corrected chi connectivity index (χ4v) is 3.12. The van der Waals surface area contributed by atoms with Crippen LogP contribution in [-0.4, -0.2) is 43.4 Å². The van der Waals surface area contributed by atoms with Gasteiger partial charge in [0, 0.05) is 12.1 Å². The number of benzene rings is 2. The summed E-state index contributed by atoms with van der Waals surface area (Å²) in [6, 6.07) is 15.2. The van der Waals surface area contributed by atoms with Crippen LogP contribution in [0.25, 0.3) is 0 Å². The van der Waals surface area contributed by atoms with Crippen molar-refractivity contribution in [1.29, 1.82) is 0 Å². The van der Waals surface area contributed by atoms with Gasteiger partial charge in [0.1, 0.15) is 24.2 Å². The maximum atomic E-state index is 10.6. The zero-order valence-corrected chi connectivity index (χ0v) is 14.1. The number of rotatable bonds is 7. The van der Waals surface area contributed by atoms with Gasteiger partial charge in [-0.1, -0.05) is 30.3 Å². The Bertz CT molecular complexity index is 636. The number of nitrogens with zero attached hydrogens (tertiary/aromatic N) is 1. The van der Waals surface area contributed by atoms with Crippen molar-refractivity contribution in [2.75, 3.05) is 33.4 Å². The van der Waals surface area contributed by atoms with E-state index < -0.39 is 6.10 Å². The van der Waals surface area contributed by atoms with E-state index >= 15 is 0 Å². The van der Waals surface area contributed by atoms with Crippen molar-refractivity contribution in [2.45, 2.75) is 18.9 Å². The Morgan fingerprint density at radius 2 is 1.75 bits per heavy atom. The number of aliphatic hydroxyl groups excluding tert-OH is 1. The lowest BCUT2D eigenvalue weighted by Gasteiger charge is -2.16. The minimum atomic E-state index is -0.709. The monoisotopic (exact) mass is 327 g/mol. The molecule has 1 saturated heterocycles. The van der Waals surface area contributed by atoms with Gasteiger partial charge in [0.05, 0.1) is 7.11 Å². The van der Waals surface area contributed by atoms with Crippen LogP contribution >= 0.6 is 0 Å². The second-order valence-corrected chi connectivity index (χ2v) is 6.11. The number of methoxy groups -OCH3 is 1. The highest BCUT2D eigenvalue weighted by Gasteiger charge is 2.15. The number of para-hydroxylation sites is 1. The average Bonchev–Trinajstić information content (AvgIpc) is 3.15. The molecule has 0 spiro atoms. The van der Waals surface area contributed by atoms with Crippen LogP contribution in [0.15, 0.2) is 48.5 Å². The summed E-state index contributed by atoms with van der Waals surface area (Å²) >= 11 is 0. The molecule has 128 valence electrons. The Morgan fingerprint density at radius 1 is 1.04 bits per heavy atom. The first-order valence-corrected chi connectivity index (χ1v) is 8.54. The van der Waals surface area contributed by atoms with Gasteiger partial charge in [0.25, 0.3) is 0 Å². The van der Waals surface area contributed by atoms with Gasteiger partial charge >= 0.3 is 0 Å². The van der Waals surface area contributed by atoms with Gasteiger partial charge in [0.2, 0.25) is 0 Å². The number of hydrogen-bond acceptors (Lipinski definition) is 4. The van der Waals surface area contributed by atoms with E-state index in [4.69, 9.17) is 9.47 Å². The highest BCUT2D eigenvalue weighted by atomic mass is 16.5. The molecular weight excluding hydrogens is 302 g/mol. The van der Waals surface area contributed by atoms with Crippen molar-refractivity contribution in [1.82, 2.24) is 4.90 Å². The standard InChI is InChI=1S/C20H25NO3/c1-23-19-7-3-2-6-18(19)20(22)16-8-10-17(11-9-16)24-15-14-21-12-4-5-13-21/h2-3,6-11,20,22H,4-5,12-15H2,1H3. The minimum Gasteiger partial charge on any atom is -0.496 e. The molecule has 2 aromatic carbocycles. The summed E-state index contributed by atoms with van der Waals surface area (Å²) < 4.78 is 11.1. The average molecular weight is 327 g/mol. The van der Waals surface area contributed by atoms with Gasteiger partial charge in [0.15, 0.2) is 0 Å². The molecule has 0 radical (unpaired) electrons. The first-order chi connectivity index (χ1) is 11.8. The van der Waals surface area contributed by atoms with E-state index in [2.05, 4.69) is 4.90 Å². The molecule has 1 heterocycles. The van der Waals surface area contributed by atoms with Gasteiger partial charge in [-0.3, -0.25) is 4.90 Å². The van der Waals surface area contributed by atoms with Crippen LogP contribution in [0.5, 0.6) is 11.5 Å². The Hall–Kier alpha value is -2.04. The normalized spacial score (nSPS) is 16.1. The summed E-state index contributed by atoms with van der Waals surface area (Å²) in [7, 11) is 1.61. The Balaban J connectivity index is 1.59. The van der Waals surface area contributed by atoms with Gasteiger partial charge in [-0.25, -0.2) is 0 Å². The third-order valence-corrected chi connectivity index (χ3v) is 4.50. The smallest absolute Gasteiger partial charge is 0.125 e. The van der Waals surface area contributed by atoms with Gasteiger partial charge in [-0.2, -0.15) is 0 Å². The van der Waals surface area contributed by atoms with Crippen molar-refractivity contribution in [2.24, 2.45) is 0 Å². The number of ether oxygens (including phenoxy) is 2. The summed E-state index contributed by atoms with van der Waals surface area (Å²) in [5, 5.41) is 10.6. The zero-order valence-electron chi connectivity index (χ0n) is 14.1. The summed E-state index contributed by atoms with van der Waals surface area (Å²) in [5.74, 6) is 1.53. The first kappa shape index (κ1) is 16.8. The molecule has 0 amide bonds. The summed E-state index contributed by atoms with van der Waals surface area (Å²) in [6.45, 7) is 4.06. The molecule has 1 aliphatic rings. The largest absolute Gasteiger partial charge is 0.496 e. The van der Waals surface area contributed by atoms with Gasteiger partial charge < -0.3 is 14.6 Å². The Morgan fingerprint density at radius 3 is 2.46 bits per heavy atom. The van der Waals surface area contributed by atoms with Crippen molar-refractivity contribution < 1.29 is 14.6 Å². The maximum Gasteiger partial charge on any atom is 0.125 e. The van der Waals surface area contributed by atoms with Crippen molar-refractivity contribution in [3.63, 3.8) is 0 Å². The van der Waals surface area contributed by atoms with E-state index in [9.17, 15) is 5.11 Å². The second kappa shape index (κ2) is 8.18. The van der Waals surface area contributed by atoms with E-state index in [1.54, 1.807) is 7.11 Å². The third-order valence-electron chi connectivity index (χ3n) is 4.50. The summed E-state index contributed by atoms with van der Waals surface area (Å²) in [4.78, 5) is 2.43. The molecule has 2 aromatic rings. The van der Waals surface area contributed by atoms with Crippen LogP contribution in [-0.2, 0) is 0 Å². The van der Waals surface area contributed by atoms with Crippen molar-refractivity contribution in [3.8, 4) is 11.5 Å². The lowest BCUT2D eigenvalue weighted by atomic mass is 10.0. The minimum absolute atomic E-state index is 0.691. The van der Waals surface area contributed by atoms with Gasteiger partial charge in [-0.15, -0.1) is 0 Å². The van der Waals surface area contributed by atoms with Crippen LogP contribution in [0.2, 0.25) is 0 Å². The SMILES string of the molecule is COc1ccccc1C(O)c1ccc(OCCN2CCCC2)cc1. The number of likely N-dealkylation sites (tertiary alicyclic amines) is 1. The molecule has 1 atom stereocenters. The highest BCUT2D eigenvalue weighted by molar-refractivity contribution is 5.41. The molecule has 0 bridgehead atoms. The highest BCUT2D eigenvalue weighted by Crippen LogP contribution is 2.30. The predicted octanol–water partition coefficient (Wildman–Crippen LogP) is 3.25. The van der Waals surface area contributed by atoms with Crippen LogP contribution in [0, 0.1) is 0 Å². The molecule has 4 heteroatoms. The quantitative estimate of drug-likeness (QED) is 0.848. The molecule has 3 rings (SSSR count). The van der Waals surface area contributed by atoms with E-state index in [0.717, 1.165) is 23.4 Å². The number of hydrogen-bond donors (Lipinski definition) is 1. The van der Waals surface area contributed by atoms with Crippen LogP contribution in [0.4, 0.5) is 0 Å². The molecule has 0 aromatic heterocycles. The molecule has 4 nitrogen and oxygen atoms in total. The second-order valence-electron chi connectivity index (χ2n) is 6.11. The summed E-state index contributed by atoms with van der Waals surface area (Å²) in [5.41, 5.74) is 1.59. The molecule has 0 saturated carbocycles. The van der Waals surface area contributed by atoms with Crippen molar-refractivity contribution in [3.05, 3.63) is 59.7 Å². The molecule has 1 N–H and O–H groups in total. The van der Waals surface area contributed by atoms with Crippen LogP contribution in [0.1, 0.15) is 30.1 Å². The lowest BCUT2D eigenvalue weighted by molar-refractivity contribution is 0.214. The lowest BCUT2D eigenvalue weighted by Crippen LogP contribution is -2.25. The first-order valence-electron chi connectivity index (χ1n) is 8.54. The topological polar surface area (TPSA) is 41.9 Å². The van der Waals surface area contributed by atoms with Crippen LogP contribution in [0.3, 0.4) is 0 Å². The van der Waals surface area contributed by atoms with E-state index in [1.807, 2.05) is 48.5 Å². The molecular formula is C20H25NO3. The van der Waals surface area contributed by atoms with E-state index in [-0.39, 0.29) is 0 Å².